The summed E-state index contributed by atoms with van der Waals surface area (Å²) in [5, 5.41) is 2.84. The fourth-order valence-electron chi connectivity index (χ4n) is 2.86. The Hall–Kier alpha value is -1.50. The summed E-state index contributed by atoms with van der Waals surface area (Å²) in [7, 11) is -3.86. The lowest BCUT2D eigenvalue weighted by molar-refractivity contribution is -0.117. The molecule has 5 nitrogen and oxygen atoms in total. The molecule has 0 saturated heterocycles. The third-order valence-corrected chi connectivity index (χ3v) is 7.86. The van der Waals surface area contributed by atoms with E-state index in [1.165, 1.54) is 12.1 Å². The first-order chi connectivity index (χ1) is 14.2. The predicted molar refractivity (Wildman–Crippen MR) is 136 cm³/mol. The van der Waals surface area contributed by atoms with Crippen molar-refractivity contribution in [3.8, 4) is 0 Å². The van der Waals surface area contributed by atoms with Gasteiger partial charge in [0.15, 0.2) is 0 Å². The van der Waals surface area contributed by atoms with Gasteiger partial charge < -0.3 is 5.32 Å². The zero-order chi connectivity index (χ0) is 21.7. The van der Waals surface area contributed by atoms with Crippen LogP contribution in [0.25, 0.3) is 0 Å². The number of nitrogens with one attached hydrogen (secondary N) is 2. The van der Waals surface area contributed by atoms with Gasteiger partial charge in [0, 0.05) is 12.8 Å². The number of halogens is 2. The second-order valence-corrected chi connectivity index (χ2v) is 10.9. The summed E-state index contributed by atoms with van der Waals surface area (Å²) in [6.07, 6.45) is 0.236. The molecule has 3 rings (SSSR count). The van der Waals surface area contributed by atoms with Crippen molar-refractivity contribution in [2.45, 2.75) is 24.3 Å². The highest BCUT2D eigenvalue weighted by atomic mass is 127. The monoisotopic (exact) mass is 646 g/mol. The molecule has 0 fully saturated rings. The Morgan fingerprint density at radius 1 is 0.967 bits per heavy atom. The number of amides is 1. The molecule has 0 saturated carbocycles. The molecule has 3 aromatic carbocycles. The standard InChI is InChI=1S/C22H20I2N2O3S/c1-15-13-18(9-12-20(15)24)25-22(27)21(14-16-5-3-2-4-6-16)26-30(28,29)19-10-7-17(23)8-11-19/h2-13,21,26H,14H2,1H3,(H,25,27)/t21-/m1/s1. The van der Waals surface area contributed by atoms with E-state index in [1.807, 2.05) is 49.4 Å². The summed E-state index contributed by atoms with van der Waals surface area (Å²) < 4.78 is 30.4. The van der Waals surface area contributed by atoms with Crippen LogP contribution in [-0.4, -0.2) is 20.4 Å². The highest BCUT2D eigenvalue weighted by Crippen LogP contribution is 2.18. The number of benzene rings is 3. The molecule has 0 bridgehead atoms. The van der Waals surface area contributed by atoms with Crippen molar-refractivity contribution in [2.75, 3.05) is 5.32 Å². The van der Waals surface area contributed by atoms with Gasteiger partial charge >= 0.3 is 0 Å². The number of anilines is 1. The number of hydrogen-bond donors (Lipinski definition) is 2. The van der Waals surface area contributed by atoms with Gasteiger partial charge in [-0.2, -0.15) is 4.72 Å². The Kier molecular flexibility index (Phi) is 7.88. The highest BCUT2D eigenvalue weighted by Gasteiger charge is 2.26. The van der Waals surface area contributed by atoms with Crippen molar-refractivity contribution in [1.29, 1.82) is 0 Å². The number of rotatable bonds is 7. The van der Waals surface area contributed by atoms with Crippen LogP contribution in [0.15, 0.2) is 77.7 Å². The van der Waals surface area contributed by atoms with E-state index in [9.17, 15) is 13.2 Å². The minimum Gasteiger partial charge on any atom is -0.325 e. The van der Waals surface area contributed by atoms with Crippen LogP contribution in [0.5, 0.6) is 0 Å². The van der Waals surface area contributed by atoms with Gasteiger partial charge in [-0.25, -0.2) is 8.42 Å². The van der Waals surface area contributed by atoms with Gasteiger partial charge in [-0.1, -0.05) is 30.3 Å². The molecule has 0 heterocycles. The van der Waals surface area contributed by atoms with E-state index < -0.39 is 22.0 Å². The Morgan fingerprint density at radius 3 is 2.27 bits per heavy atom. The van der Waals surface area contributed by atoms with Gasteiger partial charge in [-0.05, 0) is 112 Å². The number of carbonyl (C=O) groups is 1. The van der Waals surface area contributed by atoms with Gasteiger partial charge in [0.25, 0.3) is 0 Å². The first-order valence-electron chi connectivity index (χ1n) is 9.13. The maximum atomic E-state index is 13.0. The van der Waals surface area contributed by atoms with Crippen molar-refractivity contribution < 1.29 is 13.2 Å². The van der Waals surface area contributed by atoms with Gasteiger partial charge in [0.1, 0.15) is 6.04 Å². The third kappa shape index (κ3) is 6.25. The van der Waals surface area contributed by atoms with Crippen LogP contribution in [0.2, 0.25) is 0 Å². The van der Waals surface area contributed by atoms with Crippen molar-refractivity contribution in [3.63, 3.8) is 0 Å². The van der Waals surface area contributed by atoms with E-state index in [2.05, 4.69) is 55.2 Å². The SMILES string of the molecule is Cc1cc(NC(=O)[C@@H](Cc2ccccc2)NS(=O)(=O)c2ccc(I)cc2)ccc1I. The fourth-order valence-corrected chi connectivity index (χ4v) is 4.75. The van der Waals surface area contributed by atoms with Crippen molar-refractivity contribution in [1.82, 2.24) is 4.72 Å². The van der Waals surface area contributed by atoms with E-state index >= 15 is 0 Å². The number of sulfonamides is 1. The quantitative estimate of drug-likeness (QED) is 0.365. The summed E-state index contributed by atoms with van der Waals surface area (Å²) in [5.41, 5.74) is 2.53. The van der Waals surface area contributed by atoms with E-state index in [0.717, 1.165) is 18.3 Å². The van der Waals surface area contributed by atoms with Crippen LogP contribution < -0.4 is 10.0 Å². The Morgan fingerprint density at radius 2 is 1.63 bits per heavy atom. The molecule has 0 aliphatic heterocycles. The lowest BCUT2D eigenvalue weighted by Crippen LogP contribution is -2.45. The summed E-state index contributed by atoms with van der Waals surface area (Å²) in [4.78, 5) is 13.2. The maximum Gasteiger partial charge on any atom is 0.242 e. The molecule has 0 unspecified atom stereocenters. The Balaban J connectivity index is 1.86. The summed E-state index contributed by atoms with van der Waals surface area (Å²) in [5.74, 6) is -0.409. The van der Waals surface area contributed by atoms with Crippen LogP contribution in [0.3, 0.4) is 0 Å². The molecular weight excluding hydrogens is 626 g/mol. The maximum absolute atomic E-state index is 13.0. The molecular formula is C22H20I2N2O3S. The molecule has 0 aliphatic carbocycles. The average molecular weight is 646 g/mol. The van der Waals surface area contributed by atoms with Crippen molar-refractivity contribution >= 4 is 66.8 Å². The molecule has 156 valence electrons. The zero-order valence-electron chi connectivity index (χ0n) is 16.1. The normalized spacial score (nSPS) is 12.4. The molecule has 1 atom stereocenters. The van der Waals surface area contributed by atoms with Gasteiger partial charge in [0.2, 0.25) is 15.9 Å². The largest absolute Gasteiger partial charge is 0.325 e. The molecule has 0 aromatic heterocycles. The first kappa shape index (κ1) is 23.2. The second kappa shape index (κ2) is 10.2. The van der Waals surface area contributed by atoms with Crippen molar-refractivity contribution in [2.24, 2.45) is 0 Å². The Labute approximate surface area is 204 Å². The van der Waals surface area contributed by atoms with Crippen molar-refractivity contribution in [3.05, 3.63) is 91.1 Å². The highest BCUT2D eigenvalue weighted by molar-refractivity contribution is 14.1. The zero-order valence-corrected chi connectivity index (χ0v) is 21.2. The first-order valence-corrected chi connectivity index (χ1v) is 12.8. The van der Waals surface area contributed by atoms with Crippen LogP contribution >= 0.6 is 45.2 Å². The van der Waals surface area contributed by atoms with Gasteiger partial charge in [-0.15, -0.1) is 0 Å². The van der Waals surface area contributed by atoms with Gasteiger partial charge in [-0.3, -0.25) is 4.79 Å². The summed E-state index contributed by atoms with van der Waals surface area (Å²) in [6, 6.07) is 20.5. The average Bonchev–Trinajstić information content (AvgIpc) is 2.71. The van der Waals surface area contributed by atoms with Gasteiger partial charge in [0.05, 0.1) is 4.90 Å². The molecule has 0 spiro atoms. The molecule has 0 radical (unpaired) electrons. The molecule has 8 heteroatoms. The van der Waals surface area contributed by atoms with Crippen LogP contribution in [-0.2, 0) is 21.2 Å². The van der Waals surface area contributed by atoms with E-state index in [0.29, 0.717) is 5.69 Å². The topological polar surface area (TPSA) is 75.3 Å². The molecule has 0 aliphatic rings. The Bertz CT molecular complexity index is 1130. The van der Waals surface area contributed by atoms with Crippen LogP contribution in [0.1, 0.15) is 11.1 Å². The third-order valence-electron chi connectivity index (χ3n) is 4.45. The second-order valence-electron chi connectivity index (χ2n) is 6.77. The van der Waals surface area contributed by atoms with E-state index in [4.69, 9.17) is 0 Å². The summed E-state index contributed by atoms with van der Waals surface area (Å²) >= 11 is 4.34. The smallest absolute Gasteiger partial charge is 0.242 e. The van der Waals surface area contributed by atoms with E-state index in [-0.39, 0.29) is 11.3 Å². The fraction of sp³-hybridized carbons (Fsp3) is 0.136. The summed E-state index contributed by atoms with van der Waals surface area (Å²) in [6.45, 7) is 1.96. The molecule has 3 aromatic rings. The predicted octanol–water partition coefficient (Wildman–Crippen LogP) is 4.73. The lowest BCUT2D eigenvalue weighted by Gasteiger charge is -2.19. The lowest BCUT2D eigenvalue weighted by atomic mass is 10.1. The number of aryl methyl sites for hydroxylation is 1. The number of hydrogen-bond acceptors (Lipinski definition) is 3. The number of carbonyl (C=O) groups excluding carboxylic acids is 1. The van der Waals surface area contributed by atoms with Crippen LogP contribution in [0.4, 0.5) is 5.69 Å². The van der Waals surface area contributed by atoms with Crippen LogP contribution in [0, 0.1) is 14.1 Å². The molecule has 1 amide bonds. The molecule has 30 heavy (non-hydrogen) atoms. The minimum absolute atomic E-state index is 0.124. The molecule has 2 N–H and O–H groups in total. The van der Waals surface area contributed by atoms with E-state index in [1.54, 1.807) is 18.2 Å². The minimum atomic E-state index is -3.86.